The minimum atomic E-state index is -0.592. The molecular formula is C20H16N2O3S3. The molecule has 0 bridgehead atoms. The fraction of sp³-hybridized carbons (Fsp3) is 0.200. The summed E-state index contributed by atoms with van der Waals surface area (Å²) in [5, 5.41) is 10.9. The van der Waals surface area contributed by atoms with Crippen LogP contribution in [0.5, 0.6) is 0 Å². The molecule has 0 N–H and O–H groups in total. The molecule has 1 aliphatic heterocycles. The van der Waals surface area contributed by atoms with Gasteiger partial charge in [-0.15, -0.1) is 0 Å². The maximum Gasteiger partial charge on any atom is 0.269 e. The van der Waals surface area contributed by atoms with Gasteiger partial charge in [-0.2, -0.15) is 0 Å². The number of nitro benzene ring substituents is 1. The largest absolute Gasteiger partial charge is 0.297 e. The number of carbonyl (C=O) groups is 1. The smallest absolute Gasteiger partial charge is 0.269 e. The zero-order valence-electron chi connectivity index (χ0n) is 15.4. The Morgan fingerprint density at radius 1 is 1.14 bits per heavy atom. The summed E-state index contributed by atoms with van der Waals surface area (Å²) in [5.41, 5.74) is 3.62. The number of carbonyl (C=O) groups excluding carboxylic acids is 1. The SMILES string of the molecule is Cc1cccc2c1N(C(=O)c1ccc([N+](=O)[O-])cc1)C(C)(C)c1ssc(=S)c1-2. The second-order valence-electron chi connectivity index (χ2n) is 7.13. The van der Waals surface area contributed by atoms with Crippen LogP contribution in [0, 0.1) is 20.9 Å². The summed E-state index contributed by atoms with van der Waals surface area (Å²) < 4.78 is 0.836. The standard InChI is InChI=1S/C20H16N2O3S3/c1-11-5-4-6-14-15-17(27-28-19(15)26)20(2,3)21(16(11)14)18(23)12-7-9-13(10-8-12)22(24)25/h4-10H,1-3H3. The number of hydrogen-bond donors (Lipinski definition) is 0. The van der Waals surface area contributed by atoms with Crippen molar-refractivity contribution < 1.29 is 9.72 Å². The van der Waals surface area contributed by atoms with E-state index in [4.69, 9.17) is 12.2 Å². The highest BCUT2D eigenvalue weighted by atomic mass is 32.9. The van der Waals surface area contributed by atoms with Gasteiger partial charge in [0.05, 0.1) is 21.0 Å². The van der Waals surface area contributed by atoms with Gasteiger partial charge in [0, 0.05) is 28.8 Å². The van der Waals surface area contributed by atoms with Crippen LogP contribution >= 0.6 is 32.9 Å². The second-order valence-corrected chi connectivity index (χ2v) is 9.95. The molecule has 0 atom stereocenters. The summed E-state index contributed by atoms with van der Waals surface area (Å²) in [6, 6.07) is 11.7. The van der Waals surface area contributed by atoms with Crippen LogP contribution in [0.4, 0.5) is 11.4 Å². The van der Waals surface area contributed by atoms with Gasteiger partial charge in [-0.3, -0.25) is 19.8 Å². The highest BCUT2D eigenvalue weighted by Gasteiger charge is 2.43. The lowest BCUT2D eigenvalue weighted by Crippen LogP contribution is -2.48. The zero-order valence-corrected chi connectivity index (χ0v) is 17.8. The molecule has 5 nitrogen and oxygen atoms in total. The van der Waals surface area contributed by atoms with Crippen LogP contribution < -0.4 is 4.90 Å². The summed E-state index contributed by atoms with van der Waals surface area (Å²) in [7, 11) is 3.16. The van der Waals surface area contributed by atoms with Gasteiger partial charge in [0.2, 0.25) is 0 Å². The Bertz CT molecular complexity index is 1180. The van der Waals surface area contributed by atoms with Crippen molar-refractivity contribution in [3.63, 3.8) is 0 Å². The molecule has 4 rings (SSSR count). The first-order chi connectivity index (χ1) is 13.2. The molecule has 0 unspecified atom stereocenters. The Morgan fingerprint density at radius 2 is 1.82 bits per heavy atom. The Balaban J connectivity index is 1.93. The summed E-state index contributed by atoms with van der Waals surface area (Å²) in [6.07, 6.45) is 0. The number of rotatable bonds is 2. The second kappa shape index (κ2) is 6.58. The van der Waals surface area contributed by atoms with E-state index in [2.05, 4.69) is 0 Å². The number of aryl methyl sites for hydroxylation is 1. The summed E-state index contributed by atoms with van der Waals surface area (Å²) in [6.45, 7) is 6.01. The molecule has 0 saturated carbocycles. The summed E-state index contributed by atoms with van der Waals surface area (Å²) >= 11 is 5.59. The molecule has 2 heterocycles. The van der Waals surface area contributed by atoms with Gasteiger partial charge in [0.15, 0.2) is 0 Å². The lowest BCUT2D eigenvalue weighted by Gasteiger charge is -2.43. The van der Waals surface area contributed by atoms with Crippen molar-refractivity contribution in [2.45, 2.75) is 26.3 Å². The Kier molecular flexibility index (Phi) is 4.45. The first kappa shape index (κ1) is 18.9. The van der Waals surface area contributed by atoms with Crippen LogP contribution in [0.2, 0.25) is 0 Å². The van der Waals surface area contributed by atoms with Gasteiger partial charge in [0.25, 0.3) is 11.6 Å². The molecule has 0 radical (unpaired) electrons. The molecular weight excluding hydrogens is 412 g/mol. The minimum absolute atomic E-state index is 0.0378. The monoisotopic (exact) mass is 428 g/mol. The Hall–Kier alpha value is -2.42. The van der Waals surface area contributed by atoms with Crippen molar-refractivity contribution in [1.82, 2.24) is 0 Å². The number of hydrogen-bond acceptors (Lipinski definition) is 6. The first-order valence-corrected chi connectivity index (χ1v) is 11.1. The predicted octanol–water partition coefficient (Wildman–Crippen LogP) is 6.32. The molecule has 2 aromatic carbocycles. The third-order valence-corrected chi connectivity index (χ3v) is 8.34. The fourth-order valence-corrected chi connectivity index (χ4v) is 6.93. The topological polar surface area (TPSA) is 63.5 Å². The lowest BCUT2D eigenvalue weighted by molar-refractivity contribution is -0.384. The highest BCUT2D eigenvalue weighted by molar-refractivity contribution is 7.80. The number of fused-ring (bicyclic) bond motifs is 3. The maximum absolute atomic E-state index is 13.6. The molecule has 3 aromatic rings. The zero-order chi connectivity index (χ0) is 20.2. The van der Waals surface area contributed by atoms with Gasteiger partial charge in [-0.05, 0) is 38.5 Å². The Morgan fingerprint density at radius 3 is 2.46 bits per heavy atom. The number of benzene rings is 2. The van der Waals surface area contributed by atoms with Crippen molar-refractivity contribution in [2.75, 3.05) is 4.90 Å². The highest BCUT2D eigenvalue weighted by Crippen LogP contribution is 2.53. The van der Waals surface area contributed by atoms with E-state index in [9.17, 15) is 14.9 Å². The molecule has 1 aromatic heterocycles. The number of amides is 1. The molecule has 1 amide bonds. The number of anilines is 1. The summed E-state index contributed by atoms with van der Waals surface area (Å²) in [4.78, 5) is 26.9. The molecule has 0 aliphatic carbocycles. The van der Waals surface area contributed by atoms with Crippen molar-refractivity contribution in [1.29, 1.82) is 0 Å². The number of nitrogens with zero attached hydrogens (tertiary/aromatic N) is 2. The number of non-ortho nitro benzene ring substituents is 1. The van der Waals surface area contributed by atoms with E-state index in [1.807, 2.05) is 39.0 Å². The van der Waals surface area contributed by atoms with Crippen LogP contribution in [0.25, 0.3) is 11.1 Å². The van der Waals surface area contributed by atoms with Crippen LogP contribution in [-0.4, -0.2) is 10.8 Å². The van der Waals surface area contributed by atoms with Gasteiger partial charge in [-0.1, -0.05) is 51.1 Å². The number of nitro groups is 1. The normalized spacial score (nSPS) is 14.3. The van der Waals surface area contributed by atoms with Gasteiger partial charge >= 0.3 is 0 Å². The van der Waals surface area contributed by atoms with Crippen molar-refractivity contribution in [2.24, 2.45) is 0 Å². The van der Waals surface area contributed by atoms with E-state index in [1.165, 1.54) is 24.3 Å². The molecule has 142 valence electrons. The predicted molar refractivity (Wildman–Crippen MR) is 116 cm³/mol. The lowest BCUT2D eigenvalue weighted by atomic mass is 9.85. The molecule has 0 fully saturated rings. The van der Waals surface area contributed by atoms with Crippen LogP contribution in [-0.2, 0) is 5.54 Å². The minimum Gasteiger partial charge on any atom is -0.297 e. The average molecular weight is 429 g/mol. The number of para-hydroxylation sites is 1. The van der Waals surface area contributed by atoms with Gasteiger partial charge in [0.1, 0.15) is 3.82 Å². The third kappa shape index (κ3) is 2.71. The van der Waals surface area contributed by atoms with Crippen molar-refractivity contribution in [3.8, 4) is 11.1 Å². The van der Waals surface area contributed by atoms with Crippen LogP contribution in [0.3, 0.4) is 0 Å². The Labute approximate surface area is 174 Å². The third-order valence-electron chi connectivity index (χ3n) is 5.01. The molecule has 8 heteroatoms. The van der Waals surface area contributed by atoms with Crippen LogP contribution in [0.1, 0.15) is 34.6 Å². The van der Waals surface area contributed by atoms with Crippen molar-refractivity contribution >= 4 is 50.2 Å². The first-order valence-electron chi connectivity index (χ1n) is 8.56. The maximum atomic E-state index is 13.6. The van der Waals surface area contributed by atoms with Gasteiger partial charge in [-0.25, -0.2) is 0 Å². The molecule has 0 spiro atoms. The van der Waals surface area contributed by atoms with Crippen molar-refractivity contribution in [3.05, 3.63) is 72.4 Å². The quantitative estimate of drug-likeness (QED) is 0.207. The van der Waals surface area contributed by atoms with E-state index >= 15 is 0 Å². The van der Waals surface area contributed by atoms with E-state index in [-0.39, 0.29) is 11.6 Å². The average Bonchev–Trinajstić information content (AvgIpc) is 3.05. The fourth-order valence-electron chi connectivity index (χ4n) is 3.64. The van der Waals surface area contributed by atoms with Crippen LogP contribution in [0.15, 0.2) is 42.5 Å². The molecule has 28 heavy (non-hydrogen) atoms. The summed E-state index contributed by atoms with van der Waals surface area (Å²) in [5.74, 6) is -0.189. The van der Waals surface area contributed by atoms with E-state index < -0.39 is 10.5 Å². The van der Waals surface area contributed by atoms with Gasteiger partial charge < -0.3 is 0 Å². The van der Waals surface area contributed by atoms with E-state index in [1.54, 1.807) is 25.6 Å². The van der Waals surface area contributed by atoms with E-state index in [0.29, 0.717) is 5.56 Å². The van der Waals surface area contributed by atoms with E-state index in [0.717, 1.165) is 31.1 Å². The molecule has 1 aliphatic rings. The molecule has 0 saturated heterocycles.